The lowest BCUT2D eigenvalue weighted by Gasteiger charge is -2.47. The highest BCUT2D eigenvalue weighted by Crippen LogP contribution is 2.68. The van der Waals surface area contributed by atoms with Gasteiger partial charge in [-0.3, -0.25) is 0 Å². The minimum Gasteiger partial charge on any atom is -0.0990 e. The summed E-state index contributed by atoms with van der Waals surface area (Å²) in [5.74, 6) is 6.73. The highest BCUT2D eigenvalue weighted by atomic mass is 14.6. The zero-order valence-corrected chi connectivity index (χ0v) is 19.0. The summed E-state index contributed by atoms with van der Waals surface area (Å²) in [4.78, 5) is 0. The quantitative estimate of drug-likeness (QED) is 0.377. The Morgan fingerprint density at radius 2 is 1.67 bits per heavy atom. The molecule has 4 aliphatic carbocycles. The molecule has 0 nitrogen and oxygen atoms in total. The zero-order chi connectivity index (χ0) is 19.4. The van der Waals surface area contributed by atoms with Crippen LogP contribution in [0.3, 0.4) is 0 Å². The molecule has 0 N–H and O–H groups in total. The Hall–Kier alpha value is -0.260. The first-order valence-corrected chi connectivity index (χ1v) is 12.4. The van der Waals surface area contributed by atoms with Crippen molar-refractivity contribution in [2.24, 2.45) is 52.3 Å². The SMILES string of the molecule is C=C(C1CC(CCC(C)(C)CC)CC(C)C1C)C1(C2CC(C3CC3)C2)CC1. The van der Waals surface area contributed by atoms with Gasteiger partial charge in [0.15, 0.2) is 0 Å². The fraction of sp³-hybridized carbons (Fsp3) is 0.926. The van der Waals surface area contributed by atoms with E-state index in [-0.39, 0.29) is 0 Å². The van der Waals surface area contributed by atoms with Crippen LogP contribution in [0.25, 0.3) is 0 Å². The van der Waals surface area contributed by atoms with Crippen molar-refractivity contribution in [3.05, 3.63) is 12.2 Å². The zero-order valence-electron chi connectivity index (χ0n) is 19.0. The second-order valence-electron chi connectivity index (χ2n) is 12.3. The second kappa shape index (κ2) is 7.21. The molecule has 4 atom stereocenters. The van der Waals surface area contributed by atoms with Gasteiger partial charge in [-0.25, -0.2) is 0 Å². The molecule has 0 saturated heterocycles. The average Bonchev–Trinajstić information content (AvgIpc) is 3.49. The molecular formula is C27H46. The number of allylic oxidation sites excluding steroid dienone is 1. The monoisotopic (exact) mass is 370 g/mol. The lowest BCUT2D eigenvalue weighted by Crippen LogP contribution is -2.38. The number of hydrogen-bond acceptors (Lipinski definition) is 0. The van der Waals surface area contributed by atoms with E-state index in [0.717, 1.165) is 41.4 Å². The number of hydrogen-bond donors (Lipinski definition) is 0. The molecule has 4 fully saturated rings. The van der Waals surface area contributed by atoms with Crippen LogP contribution in [0.5, 0.6) is 0 Å². The van der Waals surface area contributed by atoms with Crippen molar-refractivity contribution in [2.75, 3.05) is 0 Å². The van der Waals surface area contributed by atoms with E-state index in [4.69, 9.17) is 6.58 Å². The number of rotatable bonds is 8. The third-order valence-electron chi connectivity index (χ3n) is 10.1. The second-order valence-corrected chi connectivity index (χ2v) is 12.3. The average molecular weight is 371 g/mol. The van der Waals surface area contributed by atoms with Crippen LogP contribution in [0.15, 0.2) is 12.2 Å². The standard InChI is InChI=1S/C27H46/c1-7-26(5,6)11-10-21-14-18(2)19(3)25(15-21)20(4)27(12-13-27)24-16-23(17-24)22-8-9-22/h18-19,21-25H,4,7-17H2,1-3,5-6H3. The topological polar surface area (TPSA) is 0 Å². The normalized spacial score (nSPS) is 41.1. The fourth-order valence-electron chi connectivity index (χ4n) is 6.83. The van der Waals surface area contributed by atoms with Crippen LogP contribution in [-0.2, 0) is 0 Å². The molecule has 0 heteroatoms. The van der Waals surface area contributed by atoms with Crippen LogP contribution < -0.4 is 0 Å². The van der Waals surface area contributed by atoms with Crippen LogP contribution in [0.1, 0.15) is 105 Å². The summed E-state index contributed by atoms with van der Waals surface area (Å²) in [5, 5.41) is 0. The first kappa shape index (κ1) is 20.0. The van der Waals surface area contributed by atoms with Crippen LogP contribution in [0, 0.1) is 52.3 Å². The van der Waals surface area contributed by atoms with E-state index in [2.05, 4.69) is 34.6 Å². The molecule has 0 aromatic heterocycles. The maximum Gasteiger partial charge on any atom is -0.00588 e. The van der Waals surface area contributed by atoms with E-state index >= 15 is 0 Å². The van der Waals surface area contributed by atoms with E-state index < -0.39 is 0 Å². The molecular weight excluding hydrogens is 324 g/mol. The van der Waals surface area contributed by atoms with Crippen LogP contribution in [0.4, 0.5) is 0 Å². The van der Waals surface area contributed by atoms with Gasteiger partial charge in [0.25, 0.3) is 0 Å². The summed E-state index contributed by atoms with van der Waals surface area (Å²) in [6.45, 7) is 17.2. The van der Waals surface area contributed by atoms with Crippen LogP contribution in [0.2, 0.25) is 0 Å². The Bertz CT molecular complexity index is 540. The molecule has 4 unspecified atom stereocenters. The van der Waals surface area contributed by atoms with Crippen molar-refractivity contribution < 1.29 is 0 Å². The highest BCUT2D eigenvalue weighted by Gasteiger charge is 2.58. The Balaban J connectivity index is 1.38. The molecule has 0 aromatic carbocycles. The smallest absolute Gasteiger partial charge is 0.00588 e. The van der Waals surface area contributed by atoms with Gasteiger partial charge in [0.2, 0.25) is 0 Å². The van der Waals surface area contributed by atoms with E-state index in [9.17, 15) is 0 Å². The summed E-state index contributed by atoms with van der Waals surface area (Å²) in [6.07, 6.45) is 16.2. The summed E-state index contributed by atoms with van der Waals surface area (Å²) in [5.41, 5.74) is 2.84. The maximum atomic E-state index is 4.85. The molecule has 154 valence electrons. The predicted octanol–water partition coefficient (Wildman–Crippen LogP) is 8.27. The third-order valence-corrected chi connectivity index (χ3v) is 10.1. The summed E-state index contributed by atoms with van der Waals surface area (Å²) in [7, 11) is 0. The van der Waals surface area contributed by atoms with Gasteiger partial charge in [0.05, 0.1) is 0 Å². The molecule has 4 saturated carbocycles. The van der Waals surface area contributed by atoms with Gasteiger partial charge >= 0.3 is 0 Å². The van der Waals surface area contributed by atoms with Gasteiger partial charge < -0.3 is 0 Å². The molecule has 0 spiro atoms. The third kappa shape index (κ3) is 3.93. The van der Waals surface area contributed by atoms with Crippen molar-refractivity contribution in [3.8, 4) is 0 Å². The molecule has 4 aliphatic rings. The van der Waals surface area contributed by atoms with Gasteiger partial charge in [-0.1, -0.05) is 53.2 Å². The van der Waals surface area contributed by atoms with Gasteiger partial charge in [0.1, 0.15) is 0 Å². The lowest BCUT2D eigenvalue weighted by atomic mass is 9.57. The first-order valence-electron chi connectivity index (χ1n) is 12.4. The molecule has 0 amide bonds. The van der Waals surface area contributed by atoms with Crippen molar-refractivity contribution >= 4 is 0 Å². The Kier molecular flexibility index (Phi) is 5.35. The minimum atomic E-state index is 0.528. The van der Waals surface area contributed by atoms with Crippen molar-refractivity contribution in [3.63, 3.8) is 0 Å². The fourth-order valence-corrected chi connectivity index (χ4v) is 6.83. The van der Waals surface area contributed by atoms with Crippen molar-refractivity contribution in [2.45, 2.75) is 105 Å². The van der Waals surface area contributed by atoms with E-state index in [0.29, 0.717) is 10.8 Å². The largest absolute Gasteiger partial charge is 0.0990 e. The molecule has 0 bridgehead atoms. The molecule has 0 aliphatic heterocycles. The Morgan fingerprint density at radius 1 is 1.00 bits per heavy atom. The highest BCUT2D eigenvalue weighted by molar-refractivity contribution is 5.26. The Labute approximate surface area is 170 Å². The molecule has 0 radical (unpaired) electrons. The first-order chi connectivity index (χ1) is 12.8. The van der Waals surface area contributed by atoms with E-state index in [1.807, 2.05) is 0 Å². The Morgan fingerprint density at radius 3 is 2.22 bits per heavy atom. The van der Waals surface area contributed by atoms with Gasteiger partial charge in [-0.15, -0.1) is 0 Å². The molecule has 0 aromatic rings. The van der Waals surface area contributed by atoms with Gasteiger partial charge in [-0.2, -0.15) is 0 Å². The van der Waals surface area contributed by atoms with Crippen LogP contribution >= 0.6 is 0 Å². The van der Waals surface area contributed by atoms with Gasteiger partial charge in [-0.05, 0) is 116 Å². The minimum absolute atomic E-state index is 0.528. The maximum absolute atomic E-state index is 4.85. The summed E-state index contributed by atoms with van der Waals surface area (Å²) in [6, 6.07) is 0. The molecule has 4 rings (SSSR count). The summed E-state index contributed by atoms with van der Waals surface area (Å²) >= 11 is 0. The van der Waals surface area contributed by atoms with Crippen molar-refractivity contribution in [1.29, 1.82) is 0 Å². The van der Waals surface area contributed by atoms with E-state index in [1.54, 1.807) is 18.4 Å². The molecule has 27 heavy (non-hydrogen) atoms. The molecule has 0 heterocycles. The van der Waals surface area contributed by atoms with Crippen molar-refractivity contribution in [1.82, 2.24) is 0 Å². The predicted molar refractivity (Wildman–Crippen MR) is 118 cm³/mol. The van der Waals surface area contributed by atoms with Gasteiger partial charge in [0, 0.05) is 0 Å². The summed E-state index contributed by atoms with van der Waals surface area (Å²) < 4.78 is 0. The van der Waals surface area contributed by atoms with E-state index in [1.165, 1.54) is 57.8 Å². The van der Waals surface area contributed by atoms with Crippen LogP contribution in [-0.4, -0.2) is 0 Å². The lowest BCUT2D eigenvalue weighted by molar-refractivity contribution is 0.0803.